The maximum Gasteiger partial charge on any atom is 0.512 e. The lowest BCUT2D eigenvalue weighted by atomic mass is 10.4. The molecule has 1 rings (SSSR count). The summed E-state index contributed by atoms with van der Waals surface area (Å²) in [5.74, 6) is 0. The van der Waals surface area contributed by atoms with Gasteiger partial charge >= 0.3 is 6.16 Å². The normalized spacial score (nSPS) is 18.9. The molecule has 1 saturated heterocycles. The van der Waals surface area contributed by atoms with E-state index in [9.17, 15) is 4.79 Å². The summed E-state index contributed by atoms with van der Waals surface area (Å²) < 4.78 is 10.1. The van der Waals surface area contributed by atoms with E-state index in [1.54, 1.807) is 0 Å². The quantitative estimate of drug-likeness (QED) is 0.421. The van der Waals surface area contributed by atoms with E-state index in [4.69, 9.17) is 4.74 Å². The fourth-order valence-electron chi connectivity index (χ4n) is 1.50. The minimum Gasteiger partial charge on any atom is -1.00 e. The van der Waals surface area contributed by atoms with E-state index >= 15 is 0 Å². The Labute approximate surface area is 89.2 Å². The molecule has 1 aliphatic heterocycles. The van der Waals surface area contributed by atoms with Gasteiger partial charge in [0.2, 0.25) is 6.73 Å². The van der Waals surface area contributed by atoms with E-state index in [0.29, 0.717) is 6.73 Å². The van der Waals surface area contributed by atoms with E-state index < -0.39 is 6.16 Å². The smallest absolute Gasteiger partial charge is 0.512 e. The Balaban J connectivity index is 0.00000144. The predicted octanol–water partition coefficient (Wildman–Crippen LogP) is -2.03. The summed E-state index contributed by atoms with van der Waals surface area (Å²) in [4.78, 5) is 10.7. The van der Waals surface area contributed by atoms with E-state index in [-0.39, 0.29) is 17.0 Å². The van der Waals surface area contributed by atoms with Gasteiger partial charge in [0.25, 0.3) is 0 Å². The van der Waals surface area contributed by atoms with Gasteiger partial charge in [-0.2, -0.15) is 0 Å². The van der Waals surface area contributed by atoms with Gasteiger partial charge in [-0.15, -0.1) is 0 Å². The van der Waals surface area contributed by atoms with Crippen molar-refractivity contribution in [1.29, 1.82) is 0 Å². The first-order chi connectivity index (χ1) is 5.66. The zero-order valence-corrected chi connectivity index (χ0v) is 9.67. The first-order valence-electron chi connectivity index (χ1n) is 4.21. The van der Waals surface area contributed by atoms with Crippen molar-refractivity contribution in [2.45, 2.75) is 12.8 Å². The Morgan fingerprint density at radius 1 is 1.38 bits per heavy atom. The highest BCUT2D eigenvalue weighted by Crippen LogP contribution is 2.15. The van der Waals surface area contributed by atoms with Gasteiger partial charge in [-0.3, -0.25) is 4.48 Å². The molecule has 0 radical (unpaired) electrons. The summed E-state index contributed by atoms with van der Waals surface area (Å²) in [6, 6.07) is 0. The Kier molecular flexibility index (Phi) is 5.32. The number of quaternary nitrogens is 1. The van der Waals surface area contributed by atoms with Crippen LogP contribution in [0.3, 0.4) is 0 Å². The van der Waals surface area contributed by atoms with Gasteiger partial charge in [-0.25, -0.2) is 4.79 Å². The van der Waals surface area contributed by atoms with Crippen molar-refractivity contribution in [1.82, 2.24) is 0 Å². The summed E-state index contributed by atoms with van der Waals surface area (Å²) in [7, 11) is 3.42. The van der Waals surface area contributed by atoms with Gasteiger partial charge in [0.15, 0.2) is 0 Å². The fourth-order valence-corrected chi connectivity index (χ4v) is 1.50. The minimum atomic E-state index is -0.582. The Bertz CT molecular complexity index is 169. The van der Waals surface area contributed by atoms with Gasteiger partial charge in [-0.05, 0) is 0 Å². The summed E-state index contributed by atoms with van der Waals surface area (Å²) in [6.07, 6.45) is 1.86. The number of ether oxygens (including phenoxy) is 2. The van der Waals surface area contributed by atoms with Crippen LogP contribution in [-0.2, 0) is 9.47 Å². The second-order valence-electron chi connectivity index (χ2n) is 3.50. The number of hydrogen-bond donors (Lipinski definition) is 0. The fraction of sp³-hybridized carbons (Fsp3) is 0.875. The largest absolute Gasteiger partial charge is 1.00 e. The Morgan fingerprint density at radius 3 is 2.38 bits per heavy atom. The molecule has 0 N–H and O–H groups in total. The Morgan fingerprint density at radius 2 is 1.92 bits per heavy atom. The third-order valence-corrected chi connectivity index (χ3v) is 2.31. The molecular formula is C8H16BrNO3. The molecule has 13 heavy (non-hydrogen) atoms. The predicted molar refractivity (Wildman–Crippen MR) is 43.5 cm³/mol. The Hall–Kier alpha value is -0.290. The summed E-state index contributed by atoms with van der Waals surface area (Å²) in [5, 5.41) is 0. The van der Waals surface area contributed by atoms with Crippen LogP contribution < -0.4 is 17.0 Å². The van der Waals surface area contributed by atoms with Crippen molar-refractivity contribution in [3.05, 3.63) is 0 Å². The molecule has 1 heterocycles. The van der Waals surface area contributed by atoms with Crippen LogP contribution in [0.15, 0.2) is 0 Å². The lowest BCUT2D eigenvalue weighted by Crippen LogP contribution is -3.00. The molecule has 0 aromatic carbocycles. The van der Waals surface area contributed by atoms with Gasteiger partial charge in [-0.1, -0.05) is 0 Å². The maximum absolute atomic E-state index is 10.7. The molecule has 0 saturated carbocycles. The van der Waals surface area contributed by atoms with Crippen LogP contribution in [0.5, 0.6) is 0 Å². The number of nitrogens with zero attached hydrogens (tertiary/aromatic N) is 1. The highest BCUT2D eigenvalue weighted by Gasteiger charge is 2.28. The molecule has 0 atom stereocenters. The number of hydrogen-bond acceptors (Lipinski definition) is 3. The zero-order chi connectivity index (χ0) is 9.03. The van der Waals surface area contributed by atoms with Gasteiger partial charge in [0.1, 0.15) is 0 Å². The van der Waals surface area contributed by atoms with E-state index in [1.807, 2.05) is 0 Å². The van der Waals surface area contributed by atoms with Crippen molar-refractivity contribution in [3.63, 3.8) is 0 Å². The molecule has 78 valence electrons. The molecule has 0 bridgehead atoms. The highest BCUT2D eigenvalue weighted by atomic mass is 79.9. The third-order valence-electron chi connectivity index (χ3n) is 2.31. The molecule has 0 aliphatic carbocycles. The van der Waals surface area contributed by atoms with Crippen LogP contribution in [0.2, 0.25) is 0 Å². The van der Waals surface area contributed by atoms with E-state index in [0.717, 1.165) is 17.6 Å². The molecule has 0 aromatic rings. The molecule has 0 unspecified atom stereocenters. The molecule has 0 amide bonds. The summed E-state index contributed by atoms with van der Waals surface area (Å²) >= 11 is 0. The number of carbonyl (C=O) groups excluding carboxylic acids is 1. The summed E-state index contributed by atoms with van der Waals surface area (Å²) in [6.45, 7) is 2.63. The van der Waals surface area contributed by atoms with Crippen LogP contribution in [0.4, 0.5) is 4.79 Å². The monoisotopic (exact) mass is 253 g/mol. The topological polar surface area (TPSA) is 35.5 Å². The zero-order valence-electron chi connectivity index (χ0n) is 8.09. The molecule has 0 spiro atoms. The molecular weight excluding hydrogens is 238 g/mol. The lowest BCUT2D eigenvalue weighted by molar-refractivity contribution is -0.914. The van der Waals surface area contributed by atoms with Crippen molar-refractivity contribution >= 4 is 6.16 Å². The van der Waals surface area contributed by atoms with E-state index in [2.05, 4.69) is 11.8 Å². The van der Waals surface area contributed by atoms with Crippen LogP contribution in [0, 0.1) is 0 Å². The minimum absolute atomic E-state index is 0. The first-order valence-corrected chi connectivity index (χ1v) is 4.21. The van der Waals surface area contributed by atoms with Gasteiger partial charge < -0.3 is 26.5 Å². The van der Waals surface area contributed by atoms with Crippen LogP contribution in [0.25, 0.3) is 0 Å². The average molecular weight is 254 g/mol. The second kappa shape index (κ2) is 5.44. The highest BCUT2D eigenvalue weighted by molar-refractivity contribution is 5.59. The number of carbonyl (C=O) groups is 1. The van der Waals surface area contributed by atoms with Crippen molar-refractivity contribution in [2.75, 3.05) is 34.0 Å². The molecule has 1 aliphatic rings. The maximum atomic E-state index is 10.7. The molecule has 4 nitrogen and oxygen atoms in total. The van der Waals surface area contributed by atoms with Crippen LogP contribution in [-0.4, -0.2) is 44.6 Å². The van der Waals surface area contributed by atoms with Crippen LogP contribution >= 0.6 is 0 Å². The average Bonchev–Trinajstić information content (AvgIpc) is 2.49. The number of likely N-dealkylation sites (tertiary alicyclic amines) is 1. The van der Waals surface area contributed by atoms with Crippen LogP contribution in [0.1, 0.15) is 12.8 Å². The van der Waals surface area contributed by atoms with Crippen molar-refractivity contribution < 1.29 is 35.7 Å². The lowest BCUT2D eigenvalue weighted by Gasteiger charge is -2.27. The molecule has 1 fully saturated rings. The third kappa shape index (κ3) is 3.95. The SMILES string of the molecule is COC(=O)OC[N+]1(C)CCCC1.[Br-]. The standard InChI is InChI=1S/C8H16NO3.BrH/c1-9(5-3-4-6-9)7-12-8(10)11-2;/h3-7H2,1-2H3;1H/q+1;/p-1. The van der Waals surface area contributed by atoms with Gasteiger partial charge in [0.05, 0.1) is 27.2 Å². The van der Waals surface area contributed by atoms with Gasteiger partial charge in [0, 0.05) is 12.8 Å². The molecule has 5 heteroatoms. The van der Waals surface area contributed by atoms with E-state index in [1.165, 1.54) is 20.0 Å². The number of methoxy groups -OCH3 is 1. The molecule has 0 aromatic heterocycles. The van der Waals surface area contributed by atoms with Crippen molar-refractivity contribution in [2.24, 2.45) is 0 Å². The van der Waals surface area contributed by atoms with Crippen molar-refractivity contribution in [3.8, 4) is 0 Å². The second-order valence-corrected chi connectivity index (χ2v) is 3.50. The summed E-state index contributed by atoms with van der Waals surface area (Å²) in [5.41, 5.74) is 0. The first kappa shape index (κ1) is 12.7. The number of rotatable bonds is 2. The number of halogens is 1.